The van der Waals surface area contributed by atoms with E-state index in [1.807, 2.05) is 36.4 Å². The molecular formula is C17H17ClO2. The minimum atomic E-state index is -0.151. The maximum atomic E-state index is 6.58. The van der Waals surface area contributed by atoms with Crippen LogP contribution in [0.4, 0.5) is 0 Å². The summed E-state index contributed by atoms with van der Waals surface area (Å²) < 4.78 is 10.9. The molecule has 0 N–H and O–H groups in total. The highest BCUT2D eigenvalue weighted by Gasteiger charge is 2.21. The predicted molar refractivity (Wildman–Crippen MR) is 80.9 cm³/mol. The van der Waals surface area contributed by atoms with Gasteiger partial charge in [0, 0.05) is 6.42 Å². The Labute approximate surface area is 124 Å². The second kappa shape index (κ2) is 5.37. The van der Waals surface area contributed by atoms with Crippen molar-refractivity contribution in [3.8, 4) is 11.5 Å². The van der Waals surface area contributed by atoms with E-state index in [1.165, 1.54) is 5.56 Å². The van der Waals surface area contributed by atoms with Crippen molar-refractivity contribution in [1.82, 2.24) is 0 Å². The lowest BCUT2D eigenvalue weighted by Crippen LogP contribution is -2.05. The molecule has 0 aromatic heterocycles. The Morgan fingerprint density at radius 1 is 1.15 bits per heavy atom. The second-order valence-electron chi connectivity index (χ2n) is 5.14. The van der Waals surface area contributed by atoms with E-state index < -0.39 is 0 Å². The lowest BCUT2D eigenvalue weighted by atomic mass is 10.0. The first-order valence-electron chi connectivity index (χ1n) is 6.75. The quantitative estimate of drug-likeness (QED) is 0.782. The first-order valence-corrected chi connectivity index (χ1v) is 7.18. The van der Waals surface area contributed by atoms with Gasteiger partial charge in [0.2, 0.25) is 0 Å². The van der Waals surface area contributed by atoms with Crippen LogP contribution < -0.4 is 9.47 Å². The van der Waals surface area contributed by atoms with Crippen LogP contribution in [-0.2, 0) is 6.42 Å². The minimum Gasteiger partial charge on any atom is -0.497 e. The number of benzene rings is 2. The van der Waals surface area contributed by atoms with E-state index in [4.69, 9.17) is 21.1 Å². The molecule has 0 spiro atoms. The van der Waals surface area contributed by atoms with Crippen LogP contribution in [-0.4, -0.2) is 13.2 Å². The van der Waals surface area contributed by atoms with Crippen molar-refractivity contribution >= 4 is 11.6 Å². The Hall–Kier alpha value is -1.67. The molecule has 1 aliphatic heterocycles. The Bertz CT molecular complexity index is 607. The van der Waals surface area contributed by atoms with Gasteiger partial charge in [-0.1, -0.05) is 24.3 Å². The molecule has 2 aromatic rings. The van der Waals surface area contributed by atoms with E-state index in [-0.39, 0.29) is 11.5 Å². The summed E-state index contributed by atoms with van der Waals surface area (Å²) in [6.07, 6.45) is 1.21. The highest BCUT2D eigenvalue weighted by molar-refractivity contribution is 6.22. The summed E-state index contributed by atoms with van der Waals surface area (Å²) in [5.74, 6) is 1.83. The summed E-state index contributed by atoms with van der Waals surface area (Å²) in [5, 5.41) is -0.151. The Kier molecular flexibility index (Phi) is 3.58. The summed E-state index contributed by atoms with van der Waals surface area (Å²) in [4.78, 5) is 0. The molecule has 0 radical (unpaired) electrons. The van der Waals surface area contributed by atoms with Crippen LogP contribution in [0.15, 0.2) is 42.5 Å². The summed E-state index contributed by atoms with van der Waals surface area (Å²) >= 11 is 6.58. The van der Waals surface area contributed by atoms with Gasteiger partial charge in [-0.25, -0.2) is 0 Å². The lowest BCUT2D eigenvalue weighted by molar-refractivity contribution is 0.254. The van der Waals surface area contributed by atoms with Crippen molar-refractivity contribution in [2.24, 2.45) is 0 Å². The molecule has 0 bridgehead atoms. The summed E-state index contributed by atoms with van der Waals surface area (Å²) in [6, 6.07) is 14.1. The molecule has 3 rings (SSSR count). The molecule has 2 atom stereocenters. The zero-order valence-electron chi connectivity index (χ0n) is 11.6. The van der Waals surface area contributed by atoms with Gasteiger partial charge in [-0.2, -0.15) is 0 Å². The minimum absolute atomic E-state index is 0.151. The van der Waals surface area contributed by atoms with Crippen LogP contribution in [0.2, 0.25) is 0 Å². The molecule has 3 heteroatoms. The van der Waals surface area contributed by atoms with Crippen molar-refractivity contribution in [2.75, 3.05) is 7.11 Å². The molecule has 2 aromatic carbocycles. The molecular weight excluding hydrogens is 272 g/mol. The number of fused-ring (bicyclic) bond motifs is 1. The van der Waals surface area contributed by atoms with Gasteiger partial charge in [-0.05, 0) is 41.8 Å². The van der Waals surface area contributed by atoms with Gasteiger partial charge >= 0.3 is 0 Å². The Morgan fingerprint density at radius 3 is 2.55 bits per heavy atom. The van der Waals surface area contributed by atoms with E-state index in [0.717, 1.165) is 29.0 Å². The van der Waals surface area contributed by atoms with Gasteiger partial charge in [0.15, 0.2) is 0 Å². The molecule has 2 unspecified atom stereocenters. The van der Waals surface area contributed by atoms with E-state index in [1.54, 1.807) is 7.11 Å². The van der Waals surface area contributed by atoms with Gasteiger partial charge in [-0.3, -0.25) is 0 Å². The highest BCUT2D eigenvalue weighted by Crippen LogP contribution is 2.35. The number of rotatable bonds is 3. The second-order valence-corrected chi connectivity index (χ2v) is 5.57. The molecule has 2 nitrogen and oxygen atoms in total. The van der Waals surface area contributed by atoms with Crippen LogP contribution in [0.5, 0.6) is 11.5 Å². The summed E-state index contributed by atoms with van der Waals surface area (Å²) in [7, 11) is 1.66. The first-order chi connectivity index (χ1) is 9.67. The molecule has 0 amide bonds. The third kappa shape index (κ3) is 2.48. The number of hydrogen-bond acceptors (Lipinski definition) is 2. The Morgan fingerprint density at radius 2 is 1.85 bits per heavy atom. The third-order valence-electron chi connectivity index (χ3n) is 3.62. The van der Waals surface area contributed by atoms with Gasteiger partial charge in [0.1, 0.15) is 17.6 Å². The first kappa shape index (κ1) is 13.3. The summed E-state index contributed by atoms with van der Waals surface area (Å²) in [6.45, 7) is 2.08. The van der Waals surface area contributed by atoms with Crippen LogP contribution in [0.3, 0.4) is 0 Å². The number of halogens is 1. The van der Waals surface area contributed by atoms with Crippen molar-refractivity contribution in [2.45, 2.75) is 24.8 Å². The lowest BCUT2D eigenvalue weighted by Gasteiger charge is -2.12. The smallest absolute Gasteiger partial charge is 0.123 e. The van der Waals surface area contributed by atoms with Crippen LogP contribution >= 0.6 is 11.6 Å². The van der Waals surface area contributed by atoms with Crippen molar-refractivity contribution in [3.63, 3.8) is 0 Å². The zero-order valence-corrected chi connectivity index (χ0v) is 12.4. The fourth-order valence-electron chi connectivity index (χ4n) is 2.56. The fourth-order valence-corrected chi connectivity index (χ4v) is 2.85. The van der Waals surface area contributed by atoms with Crippen molar-refractivity contribution in [3.05, 3.63) is 59.2 Å². The topological polar surface area (TPSA) is 18.5 Å². The molecule has 104 valence electrons. The van der Waals surface area contributed by atoms with E-state index in [9.17, 15) is 0 Å². The maximum Gasteiger partial charge on any atom is 0.123 e. The number of methoxy groups -OCH3 is 1. The summed E-state index contributed by atoms with van der Waals surface area (Å²) in [5.41, 5.74) is 3.42. The average molecular weight is 289 g/mol. The van der Waals surface area contributed by atoms with Gasteiger partial charge in [0.25, 0.3) is 0 Å². The van der Waals surface area contributed by atoms with Crippen molar-refractivity contribution < 1.29 is 9.47 Å². The average Bonchev–Trinajstić information content (AvgIpc) is 2.85. The third-order valence-corrected chi connectivity index (χ3v) is 4.13. The highest BCUT2D eigenvalue weighted by atomic mass is 35.5. The van der Waals surface area contributed by atoms with E-state index in [2.05, 4.69) is 13.0 Å². The van der Waals surface area contributed by atoms with Gasteiger partial charge in [0.05, 0.1) is 12.5 Å². The van der Waals surface area contributed by atoms with Crippen molar-refractivity contribution in [1.29, 1.82) is 0 Å². The maximum absolute atomic E-state index is 6.58. The largest absolute Gasteiger partial charge is 0.497 e. The number of ether oxygens (including phenoxy) is 2. The van der Waals surface area contributed by atoms with Gasteiger partial charge < -0.3 is 9.47 Å². The Balaban J connectivity index is 1.86. The normalized spacial score (nSPS) is 18.2. The number of hydrogen-bond donors (Lipinski definition) is 0. The van der Waals surface area contributed by atoms with Crippen LogP contribution in [0, 0.1) is 0 Å². The monoisotopic (exact) mass is 288 g/mol. The number of alkyl halides is 1. The molecule has 0 fully saturated rings. The van der Waals surface area contributed by atoms with E-state index in [0.29, 0.717) is 0 Å². The molecule has 1 heterocycles. The molecule has 1 aliphatic rings. The molecule has 0 saturated carbocycles. The molecule has 20 heavy (non-hydrogen) atoms. The fraction of sp³-hybridized carbons (Fsp3) is 0.294. The van der Waals surface area contributed by atoms with Gasteiger partial charge in [-0.15, -0.1) is 11.6 Å². The van der Waals surface area contributed by atoms with E-state index >= 15 is 0 Å². The van der Waals surface area contributed by atoms with Crippen LogP contribution in [0.1, 0.15) is 29.0 Å². The predicted octanol–water partition coefficient (Wildman–Crippen LogP) is 4.35. The molecule has 0 saturated heterocycles. The molecule has 0 aliphatic carbocycles. The zero-order chi connectivity index (χ0) is 14.1. The SMILES string of the molecule is COc1ccc(C(Cl)c2ccc3c(c2)CC(C)O3)cc1. The van der Waals surface area contributed by atoms with Crippen LogP contribution in [0.25, 0.3) is 0 Å². The standard InChI is InChI=1S/C17H17ClO2/c1-11-9-14-10-13(5-8-16(14)20-11)17(18)12-3-6-15(19-2)7-4-12/h3-8,10-11,17H,9H2,1-2H3.